The van der Waals surface area contributed by atoms with Crippen LogP contribution in [-0.2, 0) is 10.0 Å². The molecule has 0 bridgehead atoms. The predicted molar refractivity (Wildman–Crippen MR) is 117 cm³/mol. The summed E-state index contributed by atoms with van der Waals surface area (Å²) >= 11 is 2.89. The van der Waals surface area contributed by atoms with Crippen molar-refractivity contribution < 1.29 is 13.2 Å². The van der Waals surface area contributed by atoms with Gasteiger partial charge in [0, 0.05) is 24.4 Å². The van der Waals surface area contributed by atoms with E-state index >= 15 is 0 Å². The monoisotopic (exact) mass is 452 g/mol. The molecule has 156 valence electrons. The van der Waals surface area contributed by atoms with E-state index in [1.165, 1.54) is 33.5 Å². The van der Waals surface area contributed by atoms with Gasteiger partial charge in [0.1, 0.15) is 0 Å². The summed E-state index contributed by atoms with van der Waals surface area (Å²) in [6, 6.07) is 6.28. The molecule has 1 N–H and O–H groups in total. The second-order valence-corrected chi connectivity index (χ2v) is 10.8. The molecular weight excluding hydrogens is 428 g/mol. The van der Waals surface area contributed by atoms with Crippen molar-refractivity contribution in [1.82, 2.24) is 14.5 Å². The Hall–Kier alpha value is -1.75. The lowest BCUT2D eigenvalue weighted by atomic mass is 10.1. The largest absolute Gasteiger partial charge is 0.353 e. The van der Waals surface area contributed by atoms with E-state index in [1.54, 1.807) is 24.3 Å². The zero-order valence-corrected chi connectivity index (χ0v) is 18.5. The molecule has 0 saturated carbocycles. The minimum absolute atomic E-state index is 0.0218. The van der Waals surface area contributed by atoms with Crippen LogP contribution in [0.1, 0.15) is 36.0 Å². The van der Waals surface area contributed by atoms with Crippen molar-refractivity contribution in [2.45, 2.75) is 34.9 Å². The van der Waals surface area contributed by atoms with E-state index in [0.717, 1.165) is 35.8 Å². The highest BCUT2D eigenvalue weighted by atomic mass is 32.2. The van der Waals surface area contributed by atoms with Crippen LogP contribution in [0.15, 0.2) is 46.2 Å². The summed E-state index contributed by atoms with van der Waals surface area (Å²) in [6.45, 7) is 4.75. The number of thioether (sulfide) groups is 1. The topological polar surface area (TPSA) is 92.3 Å². The maximum atomic E-state index is 13.0. The van der Waals surface area contributed by atoms with Gasteiger partial charge in [0.2, 0.25) is 15.2 Å². The van der Waals surface area contributed by atoms with Gasteiger partial charge >= 0.3 is 0 Å². The number of benzene rings is 1. The summed E-state index contributed by atoms with van der Waals surface area (Å²) in [7, 11) is -3.58. The molecule has 0 aliphatic carbocycles. The molecule has 2 heterocycles. The third kappa shape index (κ3) is 5.88. The van der Waals surface area contributed by atoms with Crippen LogP contribution in [0.2, 0.25) is 0 Å². The number of hydrogen-bond donors (Lipinski definition) is 1. The van der Waals surface area contributed by atoms with Crippen molar-refractivity contribution in [2.24, 2.45) is 0 Å². The van der Waals surface area contributed by atoms with Crippen molar-refractivity contribution in [2.75, 3.05) is 30.7 Å². The summed E-state index contributed by atoms with van der Waals surface area (Å²) in [4.78, 5) is 12.7. The molecule has 0 spiro atoms. The van der Waals surface area contributed by atoms with Crippen LogP contribution in [0.3, 0.4) is 0 Å². The normalized spacial score (nSPS) is 15.6. The quantitative estimate of drug-likeness (QED) is 0.352. The zero-order valence-electron chi connectivity index (χ0n) is 16.0. The van der Waals surface area contributed by atoms with Crippen LogP contribution in [0.4, 0.5) is 5.13 Å². The smallest absolute Gasteiger partial charge is 0.243 e. The molecule has 29 heavy (non-hydrogen) atoms. The van der Waals surface area contributed by atoms with Crippen molar-refractivity contribution in [3.8, 4) is 0 Å². The van der Waals surface area contributed by atoms with E-state index in [2.05, 4.69) is 22.1 Å². The number of aromatic nitrogens is 2. The lowest BCUT2D eigenvalue weighted by Gasteiger charge is -2.20. The Bertz CT molecular complexity index is 951. The van der Waals surface area contributed by atoms with E-state index in [4.69, 9.17) is 0 Å². The zero-order chi connectivity index (χ0) is 20.7. The second-order valence-electron chi connectivity index (χ2n) is 6.60. The van der Waals surface area contributed by atoms with Crippen LogP contribution in [-0.4, -0.2) is 54.1 Å². The Kier molecular flexibility index (Phi) is 7.82. The number of ketones is 1. The first kappa shape index (κ1) is 21.9. The maximum absolute atomic E-state index is 13.0. The van der Waals surface area contributed by atoms with Gasteiger partial charge in [-0.1, -0.05) is 54.1 Å². The first-order valence-corrected chi connectivity index (χ1v) is 12.7. The second kappa shape index (κ2) is 10.3. The Morgan fingerprint density at radius 2 is 2.00 bits per heavy atom. The first-order valence-electron chi connectivity index (χ1n) is 9.45. The van der Waals surface area contributed by atoms with Gasteiger partial charge in [-0.2, -0.15) is 4.31 Å². The number of hydrogen-bond acceptors (Lipinski definition) is 8. The van der Waals surface area contributed by atoms with E-state index in [0.29, 0.717) is 23.8 Å². The number of rotatable bonds is 9. The number of carbonyl (C=O) groups excluding carboxylic acids is 1. The Balaban J connectivity index is 1.66. The number of nitrogens with zero attached hydrogens (tertiary/aromatic N) is 3. The summed E-state index contributed by atoms with van der Waals surface area (Å²) in [5.74, 6) is 0.541. The molecule has 0 atom stereocenters. The molecule has 0 unspecified atom stereocenters. The summed E-state index contributed by atoms with van der Waals surface area (Å²) in [5.41, 5.74) is 0.360. The summed E-state index contributed by atoms with van der Waals surface area (Å²) in [6.07, 6.45) is 5.63. The van der Waals surface area contributed by atoms with Crippen LogP contribution in [0.25, 0.3) is 0 Å². The number of Topliss-reactive ketones (excluding diaryl/α,β-unsaturated/α-hetero) is 1. The Morgan fingerprint density at radius 3 is 2.72 bits per heavy atom. The summed E-state index contributed by atoms with van der Waals surface area (Å²) < 4.78 is 28.2. The highest BCUT2D eigenvalue weighted by Crippen LogP contribution is 2.25. The van der Waals surface area contributed by atoms with Gasteiger partial charge in [-0.15, -0.1) is 16.8 Å². The average molecular weight is 453 g/mol. The van der Waals surface area contributed by atoms with Crippen LogP contribution in [0.5, 0.6) is 0 Å². The lowest BCUT2D eigenvalue weighted by Crippen LogP contribution is -2.32. The van der Waals surface area contributed by atoms with Crippen molar-refractivity contribution in [1.29, 1.82) is 0 Å². The third-order valence-electron chi connectivity index (χ3n) is 4.49. The molecule has 7 nitrogen and oxygen atoms in total. The van der Waals surface area contributed by atoms with Crippen molar-refractivity contribution in [3.05, 3.63) is 42.5 Å². The Morgan fingerprint density at radius 1 is 1.24 bits per heavy atom. The van der Waals surface area contributed by atoms with Gasteiger partial charge in [0.15, 0.2) is 10.1 Å². The van der Waals surface area contributed by atoms with Gasteiger partial charge in [0.25, 0.3) is 0 Å². The number of anilines is 1. The fourth-order valence-corrected chi connectivity index (χ4v) is 6.06. The molecule has 1 aromatic carbocycles. The molecule has 1 aliphatic heterocycles. The highest BCUT2D eigenvalue weighted by molar-refractivity contribution is 8.01. The molecule has 1 saturated heterocycles. The van der Waals surface area contributed by atoms with Crippen molar-refractivity contribution in [3.63, 3.8) is 0 Å². The van der Waals surface area contributed by atoms with Gasteiger partial charge < -0.3 is 5.32 Å². The number of sulfonamides is 1. The number of carbonyl (C=O) groups is 1. The lowest BCUT2D eigenvalue weighted by molar-refractivity contribution is 0.101. The molecule has 10 heteroatoms. The molecule has 0 amide bonds. The first-order chi connectivity index (χ1) is 14.0. The highest BCUT2D eigenvalue weighted by Gasteiger charge is 2.25. The molecule has 1 fully saturated rings. The molecule has 2 aromatic rings. The Labute approximate surface area is 179 Å². The van der Waals surface area contributed by atoms with Crippen LogP contribution in [0, 0.1) is 0 Å². The maximum Gasteiger partial charge on any atom is 0.243 e. The van der Waals surface area contributed by atoms with Gasteiger partial charge in [-0.3, -0.25) is 4.79 Å². The van der Waals surface area contributed by atoms with E-state index in [-0.39, 0.29) is 17.2 Å². The molecular formula is C19H24N4O3S3. The van der Waals surface area contributed by atoms with E-state index < -0.39 is 10.0 Å². The standard InChI is InChI=1S/C19H24N4O3S3/c1-2-12-27-19-22-21-18(28-19)20-14-17(24)15-8-7-9-16(13-15)29(25,26)23-10-5-3-4-6-11-23/h2,7-9,13H,1,3-6,10-12,14H2,(H,20,21). The van der Waals surface area contributed by atoms with Crippen molar-refractivity contribution >= 4 is 44.0 Å². The third-order valence-corrected chi connectivity index (χ3v) is 8.39. The molecule has 3 rings (SSSR count). The number of nitrogens with one attached hydrogen (secondary N) is 1. The minimum Gasteiger partial charge on any atom is -0.353 e. The van der Waals surface area contributed by atoms with E-state index in [1.807, 2.05) is 0 Å². The average Bonchev–Trinajstić information content (AvgIpc) is 3.00. The van der Waals surface area contributed by atoms with E-state index in [9.17, 15) is 13.2 Å². The van der Waals surface area contributed by atoms with Crippen LogP contribution < -0.4 is 5.32 Å². The van der Waals surface area contributed by atoms with Gasteiger partial charge in [0.05, 0.1) is 11.4 Å². The fourth-order valence-electron chi connectivity index (χ4n) is 2.99. The van der Waals surface area contributed by atoms with Gasteiger partial charge in [-0.25, -0.2) is 8.42 Å². The minimum atomic E-state index is -3.58. The van der Waals surface area contributed by atoms with Crippen LogP contribution >= 0.6 is 23.1 Å². The molecule has 0 radical (unpaired) electrons. The summed E-state index contributed by atoms with van der Waals surface area (Å²) in [5, 5.41) is 11.6. The predicted octanol–water partition coefficient (Wildman–Crippen LogP) is 3.68. The van der Waals surface area contributed by atoms with Gasteiger partial charge in [-0.05, 0) is 25.0 Å². The molecule has 1 aliphatic rings. The SMILES string of the molecule is C=CCSc1nnc(NCC(=O)c2cccc(S(=O)(=O)N3CCCCCC3)c2)s1. The fraction of sp³-hybridized carbons (Fsp3) is 0.421. The molecule has 1 aromatic heterocycles.